The first kappa shape index (κ1) is 15.4. The Hall–Kier alpha value is -2.12. The summed E-state index contributed by atoms with van der Waals surface area (Å²) in [5.74, 6) is 1.29. The molecule has 0 bridgehead atoms. The van der Waals surface area contributed by atoms with Crippen molar-refractivity contribution in [1.82, 2.24) is 20.2 Å². The monoisotopic (exact) mass is 356 g/mol. The second-order valence-corrected chi connectivity index (χ2v) is 7.26. The number of nitrogens with zero attached hydrogens (tertiary/aromatic N) is 3. The molecule has 0 radical (unpaired) electrons. The highest BCUT2D eigenvalue weighted by atomic mass is 32.2. The van der Waals surface area contributed by atoms with Crippen LogP contribution in [-0.4, -0.2) is 20.2 Å². The number of rotatable bonds is 6. The zero-order chi connectivity index (χ0) is 16.4. The summed E-state index contributed by atoms with van der Waals surface area (Å²) < 4.78 is 5.81. The number of hydrogen-bond donors (Lipinski definition) is 1. The second-order valence-electron chi connectivity index (χ2n) is 5.39. The molecule has 0 amide bonds. The summed E-state index contributed by atoms with van der Waals surface area (Å²) in [5.41, 5.74) is 3.06. The van der Waals surface area contributed by atoms with Gasteiger partial charge in [0, 0.05) is 28.2 Å². The maximum Gasteiger partial charge on any atom is 0.277 e. The molecule has 1 aromatic carbocycles. The fraction of sp³-hybridized carbons (Fsp3) is 0.235. The number of para-hydroxylation sites is 1. The van der Waals surface area contributed by atoms with Gasteiger partial charge in [0.1, 0.15) is 0 Å². The van der Waals surface area contributed by atoms with E-state index >= 15 is 0 Å². The van der Waals surface area contributed by atoms with Crippen molar-refractivity contribution in [3.05, 3.63) is 46.5 Å². The molecule has 0 saturated heterocycles. The van der Waals surface area contributed by atoms with Crippen LogP contribution in [0.25, 0.3) is 22.4 Å². The lowest BCUT2D eigenvalue weighted by atomic mass is 10.2. The number of fused-ring (bicyclic) bond motifs is 1. The number of thioether (sulfide) groups is 1. The van der Waals surface area contributed by atoms with E-state index in [9.17, 15) is 0 Å². The van der Waals surface area contributed by atoms with Crippen molar-refractivity contribution in [3.8, 4) is 11.5 Å². The predicted octanol–water partition coefficient (Wildman–Crippen LogP) is 4.92. The molecule has 0 unspecified atom stereocenters. The molecule has 0 fully saturated rings. The highest BCUT2D eigenvalue weighted by molar-refractivity contribution is 7.98. The number of thiazole rings is 1. The summed E-state index contributed by atoms with van der Waals surface area (Å²) >= 11 is 3.24. The maximum atomic E-state index is 5.81. The lowest BCUT2D eigenvalue weighted by Gasteiger charge is -1.93. The van der Waals surface area contributed by atoms with Crippen LogP contribution >= 0.6 is 23.1 Å². The van der Waals surface area contributed by atoms with Crippen LogP contribution in [0.15, 0.2) is 45.5 Å². The summed E-state index contributed by atoms with van der Waals surface area (Å²) in [6, 6.07) is 8.07. The van der Waals surface area contributed by atoms with Crippen molar-refractivity contribution < 1.29 is 4.42 Å². The molecule has 0 spiro atoms. The first-order chi connectivity index (χ1) is 11.8. The second kappa shape index (κ2) is 6.78. The van der Waals surface area contributed by atoms with Gasteiger partial charge in [-0.1, -0.05) is 36.9 Å². The standard InChI is InChI=1S/C17H16N4OS2/c1-2-5-15-19-11(9-23-15)10-24-17-21-20-16(22-17)13-8-18-14-7-4-3-6-12(13)14/h3-4,6-9,18H,2,5,10H2,1H3. The third-order valence-corrected chi connectivity index (χ3v) is 5.44. The number of aromatic amines is 1. The van der Waals surface area contributed by atoms with Gasteiger partial charge in [-0.2, -0.15) is 0 Å². The minimum Gasteiger partial charge on any atom is -0.411 e. The van der Waals surface area contributed by atoms with Crippen molar-refractivity contribution >= 4 is 34.0 Å². The molecule has 122 valence electrons. The predicted molar refractivity (Wildman–Crippen MR) is 97.3 cm³/mol. The molecule has 0 aliphatic rings. The first-order valence-corrected chi connectivity index (χ1v) is 9.66. The Morgan fingerprint density at radius 2 is 2.17 bits per heavy atom. The highest BCUT2D eigenvalue weighted by Gasteiger charge is 2.14. The van der Waals surface area contributed by atoms with E-state index in [2.05, 4.69) is 32.5 Å². The fourth-order valence-electron chi connectivity index (χ4n) is 2.50. The normalized spacial score (nSPS) is 11.4. The van der Waals surface area contributed by atoms with E-state index in [0.717, 1.165) is 40.8 Å². The summed E-state index contributed by atoms with van der Waals surface area (Å²) in [6.45, 7) is 2.17. The number of aromatic nitrogens is 4. The van der Waals surface area contributed by atoms with Crippen LogP contribution < -0.4 is 0 Å². The molecule has 0 saturated carbocycles. The topological polar surface area (TPSA) is 67.6 Å². The Morgan fingerprint density at radius 3 is 3.08 bits per heavy atom. The average molecular weight is 356 g/mol. The quantitative estimate of drug-likeness (QED) is 0.497. The van der Waals surface area contributed by atoms with Crippen LogP contribution in [0.5, 0.6) is 0 Å². The van der Waals surface area contributed by atoms with Crippen molar-refractivity contribution in [2.45, 2.75) is 30.7 Å². The van der Waals surface area contributed by atoms with E-state index in [1.807, 2.05) is 30.5 Å². The maximum absolute atomic E-state index is 5.81. The minimum atomic E-state index is 0.542. The van der Waals surface area contributed by atoms with Crippen LogP contribution in [0.1, 0.15) is 24.0 Å². The van der Waals surface area contributed by atoms with E-state index in [1.54, 1.807) is 11.3 Å². The Labute approximate surface area is 147 Å². The van der Waals surface area contributed by atoms with Gasteiger partial charge in [-0.3, -0.25) is 0 Å². The molecule has 0 aliphatic heterocycles. The van der Waals surface area contributed by atoms with Crippen LogP contribution in [0.3, 0.4) is 0 Å². The third-order valence-electron chi connectivity index (χ3n) is 3.63. The Balaban J connectivity index is 1.48. The van der Waals surface area contributed by atoms with E-state index in [-0.39, 0.29) is 0 Å². The molecule has 4 rings (SSSR count). The lowest BCUT2D eigenvalue weighted by Crippen LogP contribution is -1.84. The molecule has 24 heavy (non-hydrogen) atoms. The van der Waals surface area contributed by atoms with E-state index in [1.165, 1.54) is 16.8 Å². The number of benzene rings is 1. The minimum absolute atomic E-state index is 0.542. The summed E-state index contributed by atoms with van der Waals surface area (Å²) in [6.07, 6.45) is 4.07. The fourth-order valence-corrected chi connectivity index (χ4v) is 4.17. The van der Waals surface area contributed by atoms with Crippen LogP contribution in [0.4, 0.5) is 0 Å². The van der Waals surface area contributed by atoms with Crippen molar-refractivity contribution in [1.29, 1.82) is 0 Å². The summed E-state index contributed by atoms with van der Waals surface area (Å²) in [7, 11) is 0. The van der Waals surface area contributed by atoms with Gasteiger partial charge >= 0.3 is 0 Å². The molecule has 7 heteroatoms. The van der Waals surface area contributed by atoms with Crippen LogP contribution in [-0.2, 0) is 12.2 Å². The summed E-state index contributed by atoms with van der Waals surface area (Å²) in [5, 5.41) is 13.3. The van der Waals surface area contributed by atoms with Gasteiger partial charge in [0.05, 0.1) is 16.3 Å². The van der Waals surface area contributed by atoms with Gasteiger partial charge in [-0.15, -0.1) is 21.5 Å². The molecule has 0 aliphatic carbocycles. The van der Waals surface area contributed by atoms with Gasteiger partial charge < -0.3 is 9.40 Å². The number of nitrogens with one attached hydrogen (secondary N) is 1. The molecular weight excluding hydrogens is 340 g/mol. The molecule has 3 heterocycles. The highest BCUT2D eigenvalue weighted by Crippen LogP contribution is 2.30. The lowest BCUT2D eigenvalue weighted by molar-refractivity contribution is 0.466. The van der Waals surface area contributed by atoms with Crippen LogP contribution in [0, 0.1) is 0 Å². The molecular formula is C17H16N4OS2. The molecule has 4 aromatic rings. The number of hydrogen-bond acceptors (Lipinski definition) is 6. The number of aryl methyl sites for hydroxylation is 1. The molecule has 3 aromatic heterocycles. The number of H-pyrrole nitrogens is 1. The zero-order valence-electron chi connectivity index (χ0n) is 13.2. The molecule has 0 atom stereocenters. The van der Waals surface area contributed by atoms with Crippen molar-refractivity contribution in [2.24, 2.45) is 0 Å². The van der Waals surface area contributed by atoms with E-state index in [0.29, 0.717) is 11.1 Å². The van der Waals surface area contributed by atoms with Gasteiger partial charge in [-0.25, -0.2) is 4.98 Å². The van der Waals surface area contributed by atoms with Crippen LogP contribution in [0.2, 0.25) is 0 Å². The van der Waals surface area contributed by atoms with Gasteiger partial charge in [0.15, 0.2) is 0 Å². The van der Waals surface area contributed by atoms with Gasteiger partial charge in [0.2, 0.25) is 0 Å². The van der Waals surface area contributed by atoms with Gasteiger partial charge in [0.25, 0.3) is 11.1 Å². The Kier molecular flexibility index (Phi) is 4.36. The third kappa shape index (κ3) is 3.09. The SMILES string of the molecule is CCCc1nc(CSc2nnc(-c3c[nH]c4ccccc34)o2)cs1. The smallest absolute Gasteiger partial charge is 0.277 e. The average Bonchev–Trinajstić information content (AvgIpc) is 3.32. The molecule has 1 N–H and O–H groups in total. The zero-order valence-corrected chi connectivity index (χ0v) is 14.8. The summed E-state index contributed by atoms with van der Waals surface area (Å²) in [4.78, 5) is 7.84. The van der Waals surface area contributed by atoms with E-state index < -0.39 is 0 Å². The Bertz CT molecular complexity index is 956. The van der Waals surface area contributed by atoms with E-state index in [4.69, 9.17) is 4.42 Å². The van der Waals surface area contributed by atoms with Gasteiger partial charge in [-0.05, 0) is 18.9 Å². The molecule has 5 nitrogen and oxygen atoms in total. The first-order valence-electron chi connectivity index (χ1n) is 7.79. The largest absolute Gasteiger partial charge is 0.411 e. The van der Waals surface area contributed by atoms with Crippen molar-refractivity contribution in [3.63, 3.8) is 0 Å². The Morgan fingerprint density at radius 1 is 1.25 bits per heavy atom. The van der Waals surface area contributed by atoms with Crippen molar-refractivity contribution in [2.75, 3.05) is 0 Å².